The molecular weight excluding hydrogens is 216 g/mol. The molecular formula is C18H18. The van der Waals surface area contributed by atoms with Crippen LogP contribution in [0.3, 0.4) is 0 Å². The van der Waals surface area contributed by atoms with E-state index in [1.54, 1.807) is 0 Å². The minimum atomic E-state index is 1.27. The van der Waals surface area contributed by atoms with Gasteiger partial charge in [0.2, 0.25) is 0 Å². The second kappa shape index (κ2) is 6.02. The fourth-order valence-electron chi connectivity index (χ4n) is 1.84. The highest BCUT2D eigenvalue weighted by molar-refractivity contribution is 5.71. The maximum absolute atomic E-state index is 2.18. The van der Waals surface area contributed by atoms with Gasteiger partial charge in [0.05, 0.1) is 0 Å². The zero-order chi connectivity index (χ0) is 12.8. The van der Waals surface area contributed by atoms with Crippen LogP contribution in [-0.4, -0.2) is 0 Å². The van der Waals surface area contributed by atoms with Crippen LogP contribution in [0, 0.1) is 0 Å². The Morgan fingerprint density at radius 1 is 0.611 bits per heavy atom. The second-order valence-electron chi connectivity index (χ2n) is 4.43. The molecule has 0 aliphatic carbocycles. The van der Waals surface area contributed by atoms with Crippen molar-refractivity contribution >= 4 is 11.1 Å². The van der Waals surface area contributed by atoms with Crippen molar-refractivity contribution in [2.75, 3.05) is 0 Å². The van der Waals surface area contributed by atoms with Crippen LogP contribution in [-0.2, 0) is 0 Å². The van der Waals surface area contributed by atoms with Gasteiger partial charge in [0.1, 0.15) is 0 Å². The number of benzene rings is 2. The number of hydrogen-bond acceptors (Lipinski definition) is 0. The molecule has 0 aliphatic rings. The van der Waals surface area contributed by atoms with Gasteiger partial charge in [0.15, 0.2) is 0 Å². The minimum Gasteiger partial charge on any atom is -0.0622 e. The van der Waals surface area contributed by atoms with Crippen LogP contribution < -0.4 is 0 Å². The molecule has 2 aromatic rings. The molecule has 0 heteroatoms. The van der Waals surface area contributed by atoms with Gasteiger partial charge in [-0.25, -0.2) is 0 Å². The van der Waals surface area contributed by atoms with E-state index in [-0.39, 0.29) is 0 Å². The van der Waals surface area contributed by atoms with E-state index < -0.39 is 0 Å². The lowest BCUT2D eigenvalue weighted by Gasteiger charge is -2.01. The smallest absolute Gasteiger partial charge is 0.0227 e. The number of rotatable bonds is 3. The first-order valence-electron chi connectivity index (χ1n) is 6.23. The third-order valence-corrected chi connectivity index (χ3v) is 3.04. The van der Waals surface area contributed by atoms with E-state index in [1.807, 2.05) is 12.1 Å². The van der Waals surface area contributed by atoms with Gasteiger partial charge in [-0.2, -0.15) is 0 Å². The fourth-order valence-corrected chi connectivity index (χ4v) is 1.84. The van der Waals surface area contributed by atoms with Gasteiger partial charge in [-0.15, -0.1) is 0 Å². The molecule has 0 heterocycles. The standard InChI is InChI=1S/C18H18/c1-15(17-9-5-3-6-10-17)13-14-16(2)18-11-7-4-8-12-18/h3-14H,1-2H3. The molecule has 0 spiro atoms. The molecule has 0 aromatic heterocycles. The Bertz CT molecular complexity index is 492. The van der Waals surface area contributed by atoms with Gasteiger partial charge in [0.25, 0.3) is 0 Å². The van der Waals surface area contributed by atoms with Crippen LogP contribution in [0.1, 0.15) is 25.0 Å². The third kappa shape index (κ3) is 3.21. The average molecular weight is 234 g/mol. The second-order valence-corrected chi connectivity index (χ2v) is 4.43. The fraction of sp³-hybridized carbons (Fsp3) is 0.111. The first kappa shape index (κ1) is 12.4. The molecule has 0 N–H and O–H groups in total. The molecule has 0 saturated heterocycles. The van der Waals surface area contributed by atoms with Crippen LogP contribution in [0.2, 0.25) is 0 Å². The quantitative estimate of drug-likeness (QED) is 0.641. The van der Waals surface area contributed by atoms with Gasteiger partial charge < -0.3 is 0 Å². The van der Waals surface area contributed by atoms with Crippen LogP contribution >= 0.6 is 0 Å². The van der Waals surface area contributed by atoms with Gasteiger partial charge >= 0.3 is 0 Å². The third-order valence-electron chi connectivity index (χ3n) is 3.04. The van der Waals surface area contributed by atoms with Crippen molar-refractivity contribution in [1.82, 2.24) is 0 Å². The highest BCUT2D eigenvalue weighted by atomic mass is 14.0. The summed E-state index contributed by atoms with van der Waals surface area (Å²) < 4.78 is 0. The summed E-state index contributed by atoms with van der Waals surface area (Å²) >= 11 is 0. The van der Waals surface area contributed by atoms with Crippen molar-refractivity contribution in [2.45, 2.75) is 13.8 Å². The number of hydrogen-bond donors (Lipinski definition) is 0. The van der Waals surface area contributed by atoms with Crippen molar-refractivity contribution in [3.63, 3.8) is 0 Å². The van der Waals surface area contributed by atoms with Crippen LogP contribution in [0.25, 0.3) is 11.1 Å². The van der Waals surface area contributed by atoms with Crippen LogP contribution in [0.15, 0.2) is 72.8 Å². The highest BCUT2D eigenvalue weighted by Gasteiger charge is 1.94. The molecule has 2 rings (SSSR count). The first-order chi connectivity index (χ1) is 8.77. The van der Waals surface area contributed by atoms with Gasteiger partial charge in [0, 0.05) is 0 Å². The average Bonchev–Trinajstić information content (AvgIpc) is 2.46. The molecule has 0 fully saturated rings. The van der Waals surface area contributed by atoms with Crippen molar-refractivity contribution < 1.29 is 0 Å². The molecule has 0 nitrogen and oxygen atoms in total. The van der Waals surface area contributed by atoms with E-state index in [1.165, 1.54) is 22.3 Å². The Morgan fingerprint density at radius 2 is 0.944 bits per heavy atom. The molecule has 0 unspecified atom stereocenters. The lowest BCUT2D eigenvalue weighted by Crippen LogP contribution is -1.79. The Balaban J connectivity index is 2.20. The van der Waals surface area contributed by atoms with Gasteiger partial charge in [-0.3, -0.25) is 0 Å². The number of allylic oxidation sites excluding steroid dienone is 4. The summed E-state index contributed by atoms with van der Waals surface area (Å²) in [4.78, 5) is 0. The lowest BCUT2D eigenvalue weighted by atomic mass is 10.0. The molecule has 0 radical (unpaired) electrons. The molecule has 2 aromatic carbocycles. The summed E-state index contributed by atoms with van der Waals surface area (Å²) in [5, 5.41) is 0. The van der Waals surface area contributed by atoms with E-state index in [0.717, 1.165) is 0 Å². The Morgan fingerprint density at radius 3 is 1.28 bits per heavy atom. The monoisotopic (exact) mass is 234 g/mol. The van der Waals surface area contributed by atoms with Crippen LogP contribution in [0.4, 0.5) is 0 Å². The van der Waals surface area contributed by atoms with Crippen molar-refractivity contribution in [3.8, 4) is 0 Å². The molecule has 90 valence electrons. The highest BCUT2D eigenvalue weighted by Crippen LogP contribution is 2.16. The minimum absolute atomic E-state index is 1.27. The zero-order valence-electron chi connectivity index (χ0n) is 10.9. The molecule has 18 heavy (non-hydrogen) atoms. The van der Waals surface area contributed by atoms with Gasteiger partial charge in [-0.05, 0) is 36.1 Å². The van der Waals surface area contributed by atoms with E-state index in [4.69, 9.17) is 0 Å². The molecule has 0 bridgehead atoms. The van der Waals surface area contributed by atoms with E-state index in [2.05, 4.69) is 74.5 Å². The van der Waals surface area contributed by atoms with E-state index in [9.17, 15) is 0 Å². The summed E-state index contributed by atoms with van der Waals surface area (Å²) in [6.45, 7) is 4.29. The predicted molar refractivity (Wildman–Crippen MR) is 80.2 cm³/mol. The molecule has 0 atom stereocenters. The van der Waals surface area contributed by atoms with E-state index >= 15 is 0 Å². The lowest BCUT2D eigenvalue weighted by molar-refractivity contribution is 1.55. The maximum atomic E-state index is 2.18. The molecule has 0 aliphatic heterocycles. The Kier molecular flexibility index (Phi) is 4.14. The maximum Gasteiger partial charge on any atom is -0.0227 e. The Labute approximate surface area is 109 Å². The van der Waals surface area contributed by atoms with E-state index in [0.29, 0.717) is 0 Å². The summed E-state index contributed by atoms with van der Waals surface area (Å²) in [5.41, 5.74) is 5.11. The first-order valence-corrected chi connectivity index (χ1v) is 6.23. The molecule has 0 saturated carbocycles. The molecule has 0 amide bonds. The van der Waals surface area contributed by atoms with Crippen LogP contribution in [0.5, 0.6) is 0 Å². The van der Waals surface area contributed by atoms with Crippen molar-refractivity contribution in [2.24, 2.45) is 0 Å². The summed E-state index contributed by atoms with van der Waals surface area (Å²) in [7, 11) is 0. The normalized spacial score (nSPS) is 12.6. The predicted octanol–water partition coefficient (Wildman–Crippen LogP) is 5.19. The largest absolute Gasteiger partial charge is 0.0622 e. The summed E-state index contributed by atoms with van der Waals surface area (Å²) in [6, 6.07) is 20.9. The SMILES string of the molecule is CC(=CC=C(C)c1ccccc1)c1ccccc1. The topological polar surface area (TPSA) is 0 Å². The Hall–Kier alpha value is -2.08. The zero-order valence-corrected chi connectivity index (χ0v) is 10.9. The summed E-state index contributed by atoms with van der Waals surface area (Å²) in [5.74, 6) is 0. The van der Waals surface area contributed by atoms with Gasteiger partial charge in [-0.1, -0.05) is 72.8 Å². The summed E-state index contributed by atoms with van der Waals surface area (Å²) in [6.07, 6.45) is 4.36. The van der Waals surface area contributed by atoms with Crippen molar-refractivity contribution in [3.05, 3.63) is 83.9 Å². The van der Waals surface area contributed by atoms with Crippen molar-refractivity contribution in [1.29, 1.82) is 0 Å².